The molecule has 1 unspecified atom stereocenters. The Balaban J connectivity index is 2.96. The van der Waals surface area contributed by atoms with Crippen LogP contribution in [-0.4, -0.2) is 24.2 Å². The fourth-order valence-electron chi connectivity index (χ4n) is 1.50. The number of methoxy groups -OCH3 is 1. The average molecular weight is 234 g/mol. The molecule has 0 spiro atoms. The number of anilines is 1. The Hall–Kier alpha value is -2.22. The number of aliphatic carboxylic acids is 1. The number of benzene rings is 1. The Morgan fingerprint density at radius 1 is 1.65 bits per heavy atom. The van der Waals surface area contributed by atoms with Crippen LogP contribution < -0.4 is 10.1 Å². The van der Waals surface area contributed by atoms with Crippen LogP contribution in [0.2, 0.25) is 0 Å². The summed E-state index contributed by atoms with van der Waals surface area (Å²) in [7, 11) is 1.50. The first-order valence-electron chi connectivity index (χ1n) is 5.14. The third-order valence-electron chi connectivity index (χ3n) is 2.24. The van der Waals surface area contributed by atoms with Crippen molar-refractivity contribution in [3.05, 3.63) is 23.8 Å². The molecule has 1 atom stereocenters. The molecule has 17 heavy (non-hydrogen) atoms. The van der Waals surface area contributed by atoms with Gasteiger partial charge >= 0.3 is 5.97 Å². The van der Waals surface area contributed by atoms with Crippen LogP contribution in [0.1, 0.15) is 18.9 Å². The van der Waals surface area contributed by atoms with Crippen LogP contribution in [0.4, 0.5) is 5.69 Å². The van der Waals surface area contributed by atoms with Crippen molar-refractivity contribution in [2.24, 2.45) is 0 Å². The van der Waals surface area contributed by atoms with Crippen LogP contribution >= 0.6 is 0 Å². The summed E-state index contributed by atoms with van der Waals surface area (Å²) in [5, 5.41) is 20.6. The second-order valence-electron chi connectivity index (χ2n) is 3.64. The van der Waals surface area contributed by atoms with Gasteiger partial charge in [0.15, 0.2) is 0 Å². The third kappa shape index (κ3) is 3.38. The van der Waals surface area contributed by atoms with E-state index in [1.54, 1.807) is 25.1 Å². The van der Waals surface area contributed by atoms with Crippen molar-refractivity contribution in [3.8, 4) is 11.8 Å². The predicted molar refractivity (Wildman–Crippen MR) is 63.0 cm³/mol. The molecular weight excluding hydrogens is 220 g/mol. The van der Waals surface area contributed by atoms with Crippen LogP contribution in [0.25, 0.3) is 0 Å². The molecule has 0 amide bonds. The Labute approximate surface area is 99.6 Å². The molecule has 5 nitrogen and oxygen atoms in total. The molecule has 0 radical (unpaired) electrons. The number of para-hydroxylation sites is 1. The molecule has 1 rings (SSSR count). The van der Waals surface area contributed by atoms with E-state index in [-0.39, 0.29) is 12.5 Å². The second-order valence-corrected chi connectivity index (χ2v) is 3.64. The Kier molecular flexibility index (Phi) is 4.35. The third-order valence-corrected chi connectivity index (χ3v) is 2.24. The number of nitrogens with one attached hydrogen (secondary N) is 1. The number of carbonyl (C=O) groups is 1. The smallest absolute Gasteiger partial charge is 0.305 e. The van der Waals surface area contributed by atoms with Crippen molar-refractivity contribution in [1.29, 1.82) is 5.26 Å². The van der Waals surface area contributed by atoms with Crippen molar-refractivity contribution in [1.82, 2.24) is 0 Å². The van der Waals surface area contributed by atoms with Crippen LogP contribution in [0.5, 0.6) is 5.75 Å². The van der Waals surface area contributed by atoms with Gasteiger partial charge in [0.1, 0.15) is 11.8 Å². The molecule has 0 aliphatic rings. The monoisotopic (exact) mass is 234 g/mol. The number of nitriles is 1. The van der Waals surface area contributed by atoms with Crippen LogP contribution in [-0.2, 0) is 4.79 Å². The number of hydrogen-bond donors (Lipinski definition) is 2. The van der Waals surface area contributed by atoms with E-state index in [0.29, 0.717) is 17.0 Å². The normalized spacial score (nSPS) is 11.4. The largest absolute Gasteiger partial charge is 0.495 e. The van der Waals surface area contributed by atoms with Crippen LogP contribution in [0.15, 0.2) is 18.2 Å². The van der Waals surface area contributed by atoms with Gasteiger partial charge in [0.25, 0.3) is 0 Å². The van der Waals surface area contributed by atoms with Gasteiger partial charge in [-0.25, -0.2) is 0 Å². The second kappa shape index (κ2) is 5.75. The SMILES string of the molecule is COc1cccc(C#N)c1NC(C)CC(=O)O. The molecule has 0 heterocycles. The summed E-state index contributed by atoms with van der Waals surface area (Å²) in [6.45, 7) is 1.74. The topological polar surface area (TPSA) is 82.3 Å². The molecule has 0 aliphatic heterocycles. The molecule has 1 aromatic carbocycles. The first-order valence-corrected chi connectivity index (χ1v) is 5.14. The van der Waals surface area contributed by atoms with Gasteiger partial charge in [0.2, 0.25) is 0 Å². The van der Waals surface area contributed by atoms with Gasteiger partial charge in [-0.05, 0) is 19.1 Å². The van der Waals surface area contributed by atoms with E-state index in [2.05, 4.69) is 5.32 Å². The minimum Gasteiger partial charge on any atom is -0.495 e. The molecule has 0 fully saturated rings. The molecule has 1 aromatic rings. The highest BCUT2D eigenvalue weighted by atomic mass is 16.5. The maximum atomic E-state index is 10.6. The summed E-state index contributed by atoms with van der Waals surface area (Å²) in [5.74, 6) is -0.361. The van der Waals surface area contributed by atoms with Gasteiger partial charge in [-0.3, -0.25) is 4.79 Å². The first-order chi connectivity index (χ1) is 8.08. The fourth-order valence-corrected chi connectivity index (χ4v) is 1.50. The Morgan fingerprint density at radius 3 is 2.88 bits per heavy atom. The lowest BCUT2D eigenvalue weighted by atomic mass is 10.1. The standard InChI is InChI=1S/C12H14N2O3/c1-8(6-11(15)16)14-12-9(7-13)4-3-5-10(12)17-2/h3-5,8,14H,6H2,1-2H3,(H,15,16). The summed E-state index contributed by atoms with van der Waals surface area (Å²) in [6, 6.07) is 6.84. The molecule has 0 saturated heterocycles. The van der Waals surface area contributed by atoms with Crippen molar-refractivity contribution < 1.29 is 14.6 Å². The number of carboxylic acids is 1. The first kappa shape index (κ1) is 12.8. The van der Waals surface area contributed by atoms with Gasteiger partial charge in [-0.1, -0.05) is 6.07 Å². The number of carboxylic acid groups (broad SMARTS) is 1. The Bertz CT molecular complexity index is 452. The molecule has 5 heteroatoms. The molecule has 90 valence electrons. The fraction of sp³-hybridized carbons (Fsp3) is 0.333. The predicted octanol–water partition coefficient (Wildman–Crippen LogP) is 1.84. The van der Waals surface area contributed by atoms with Gasteiger partial charge < -0.3 is 15.2 Å². The number of nitrogens with zero attached hydrogens (tertiary/aromatic N) is 1. The zero-order valence-corrected chi connectivity index (χ0v) is 9.73. The highest BCUT2D eigenvalue weighted by Crippen LogP contribution is 2.28. The lowest BCUT2D eigenvalue weighted by Gasteiger charge is -2.17. The van der Waals surface area contributed by atoms with E-state index < -0.39 is 5.97 Å². The number of rotatable bonds is 5. The average Bonchev–Trinajstić information content (AvgIpc) is 2.28. The molecule has 2 N–H and O–H groups in total. The summed E-state index contributed by atoms with van der Waals surface area (Å²) in [4.78, 5) is 10.6. The zero-order chi connectivity index (χ0) is 12.8. The highest BCUT2D eigenvalue weighted by molar-refractivity contribution is 5.70. The highest BCUT2D eigenvalue weighted by Gasteiger charge is 2.13. The van der Waals surface area contributed by atoms with Gasteiger partial charge in [0.05, 0.1) is 24.8 Å². The van der Waals surface area contributed by atoms with Crippen molar-refractivity contribution >= 4 is 11.7 Å². The number of ether oxygens (including phenoxy) is 1. The maximum absolute atomic E-state index is 10.6. The number of hydrogen-bond acceptors (Lipinski definition) is 4. The summed E-state index contributed by atoms with van der Waals surface area (Å²) < 4.78 is 5.13. The van der Waals surface area contributed by atoms with Crippen molar-refractivity contribution in [2.45, 2.75) is 19.4 Å². The maximum Gasteiger partial charge on any atom is 0.305 e. The lowest BCUT2D eigenvalue weighted by molar-refractivity contribution is -0.137. The molecular formula is C12H14N2O3. The van der Waals surface area contributed by atoms with Crippen molar-refractivity contribution in [2.75, 3.05) is 12.4 Å². The van der Waals surface area contributed by atoms with E-state index >= 15 is 0 Å². The van der Waals surface area contributed by atoms with Crippen LogP contribution in [0, 0.1) is 11.3 Å². The molecule has 0 saturated carbocycles. The van der Waals surface area contributed by atoms with Gasteiger partial charge in [-0.15, -0.1) is 0 Å². The lowest BCUT2D eigenvalue weighted by Crippen LogP contribution is -2.20. The molecule has 0 bridgehead atoms. The van der Waals surface area contributed by atoms with E-state index in [1.807, 2.05) is 6.07 Å². The van der Waals surface area contributed by atoms with Crippen LogP contribution in [0.3, 0.4) is 0 Å². The van der Waals surface area contributed by atoms with E-state index in [1.165, 1.54) is 7.11 Å². The minimum atomic E-state index is -0.890. The van der Waals surface area contributed by atoms with Gasteiger partial charge in [-0.2, -0.15) is 5.26 Å². The van der Waals surface area contributed by atoms with Crippen molar-refractivity contribution in [3.63, 3.8) is 0 Å². The molecule has 0 aliphatic carbocycles. The zero-order valence-electron chi connectivity index (χ0n) is 9.73. The van der Waals surface area contributed by atoms with E-state index in [9.17, 15) is 4.79 Å². The summed E-state index contributed by atoms with van der Waals surface area (Å²) >= 11 is 0. The quantitative estimate of drug-likeness (QED) is 0.812. The summed E-state index contributed by atoms with van der Waals surface area (Å²) in [5.41, 5.74) is 0.966. The minimum absolute atomic E-state index is 0.0249. The molecule has 0 aromatic heterocycles. The van der Waals surface area contributed by atoms with Gasteiger partial charge in [0, 0.05) is 6.04 Å². The Morgan fingerprint density at radius 2 is 2.35 bits per heavy atom. The van der Waals surface area contributed by atoms with E-state index in [4.69, 9.17) is 15.1 Å². The van der Waals surface area contributed by atoms with E-state index in [0.717, 1.165) is 0 Å². The summed E-state index contributed by atoms with van der Waals surface area (Å²) in [6.07, 6.45) is -0.0249.